The second-order valence-electron chi connectivity index (χ2n) is 8.36. The SMILES string of the molecule is Cc1ccc(S(=O)(=O)Nc2ccc(OCCC=O)cc2)c(C(F)(F)F)c1CCCCc1ccccc1. The smallest absolute Gasteiger partial charge is 0.418 e. The van der Waals surface area contributed by atoms with Crippen LogP contribution in [0.2, 0.25) is 0 Å². The van der Waals surface area contributed by atoms with Crippen LogP contribution in [0.3, 0.4) is 0 Å². The topological polar surface area (TPSA) is 72.5 Å². The van der Waals surface area contributed by atoms with Gasteiger partial charge in [0.1, 0.15) is 12.0 Å². The number of ether oxygens (including phenoxy) is 1. The maximum atomic E-state index is 14.2. The Morgan fingerprint density at radius 1 is 0.917 bits per heavy atom. The maximum Gasteiger partial charge on any atom is 0.418 e. The first kappa shape index (κ1) is 27.3. The number of alkyl halides is 3. The number of benzene rings is 3. The number of hydrogen-bond donors (Lipinski definition) is 1. The molecule has 3 rings (SSSR count). The number of anilines is 1. The molecule has 0 aromatic heterocycles. The first-order valence-corrected chi connectivity index (χ1v) is 13.0. The van der Waals surface area contributed by atoms with E-state index >= 15 is 0 Å². The Kier molecular flexibility index (Phi) is 9.14. The monoisotopic (exact) mass is 519 g/mol. The van der Waals surface area contributed by atoms with Crippen LogP contribution < -0.4 is 9.46 Å². The van der Waals surface area contributed by atoms with Crippen molar-refractivity contribution in [2.24, 2.45) is 0 Å². The molecule has 0 atom stereocenters. The molecule has 0 saturated heterocycles. The number of carbonyl (C=O) groups is 1. The Morgan fingerprint density at radius 2 is 1.58 bits per heavy atom. The molecule has 3 aromatic rings. The second kappa shape index (κ2) is 12.1. The molecular weight excluding hydrogens is 491 g/mol. The highest BCUT2D eigenvalue weighted by Crippen LogP contribution is 2.39. The molecule has 0 heterocycles. The van der Waals surface area contributed by atoms with E-state index < -0.39 is 26.7 Å². The van der Waals surface area contributed by atoms with E-state index in [0.29, 0.717) is 30.4 Å². The summed E-state index contributed by atoms with van der Waals surface area (Å²) >= 11 is 0. The first-order valence-electron chi connectivity index (χ1n) is 11.5. The molecule has 0 amide bonds. The summed E-state index contributed by atoms with van der Waals surface area (Å²) < 4.78 is 76.3. The van der Waals surface area contributed by atoms with Gasteiger partial charge in [0.05, 0.1) is 17.1 Å². The van der Waals surface area contributed by atoms with Gasteiger partial charge in [0, 0.05) is 12.1 Å². The minimum Gasteiger partial charge on any atom is -0.493 e. The van der Waals surface area contributed by atoms with Gasteiger partial charge in [-0.05, 0) is 79.6 Å². The number of carbonyl (C=O) groups excluding carboxylic acids is 1. The number of aryl methyl sites for hydroxylation is 2. The maximum absolute atomic E-state index is 14.2. The van der Waals surface area contributed by atoms with Crippen molar-refractivity contribution in [2.45, 2.75) is 50.1 Å². The number of halogens is 3. The van der Waals surface area contributed by atoms with Gasteiger partial charge in [-0.25, -0.2) is 8.42 Å². The minimum atomic E-state index is -4.85. The summed E-state index contributed by atoms with van der Waals surface area (Å²) in [6, 6.07) is 17.8. The Bertz CT molecular complexity index is 1260. The summed E-state index contributed by atoms with van der Waals surface area (Å²) in [5, 5.41) is 0. The summed E-state index contributed by atoms with van der Waals surface area (Å²) in [5.41, 5.74) is 0.473. The number of rotatable bonds is 12. The molecule has 0 saturated carbocycles. The van der Waals surface area contributed by atoms with Gasteiger partial charge >= 0.3 is 6.18 Å². The third kappa shape index (κ3) is 7.34. The van der Waals surface area contributed by atoms with E-state index in [-0.39, 0.29) is 30.7 Å². The van der Waals surface area contributed by atoms with Crippen molar-refractivity contribution in [3.8, 4) is 5.75 Å². The average molecular weight is 520 g/mol. The van der Waals surface area contributed by atoms with Crippen LogP contribution in [-0.2, 0) is 33.8 Å². The van der Waals surface area contributed by atoms with Crippen molar-refractivity contribution in [2.75, 3.05) is 11.3 Å². The first-order chi connectivity index (χ1) is 17.1. The van der Waals surface area contributed by atoms with Crippen molar-refractivity contribution in [3.05, 3.63) is 89.0 Å². The van der Waals surface area contributed by atoms with E-state index in [1.807, 2.05) is 30.3 Å². The molecule has 0 unspecified atom stereocenters. The zero-order chi connectivity index (χ0) is 26.2. The minimum absolute atomic E-state index is 0.00244. The largest absolute Gasteiger partial charge is 0.493 e. The van der Waals surface area contributed by atoms with Gasteiger partial charge in [-0.15, -0.1) is 0 Å². The Balaban J connectivity index is 1.81. The molecule has 192 valence electrons. The summed E-state index contributed by atoms with van der Waals surface area (Å²) in [6.07, 6.45) is -1.92. The lowest BCUT2D eigenvalue weighted by molar-refractivity contribution is -0.140. The van der Waals surface area contributed by atoms with Gasteiger partial charge in [0.25, 0.3) is 10.0 Å². The van der Waals surface area contributed by atoms with Crippen LogP contribution in [0.1, 0.15) is 41.5 Å². The number of unbranched alkanes of at least 4 members (excludes halogenated alkanes) is 1. The molecule has 0 aliphatic heterocycles. The summed E-state index contributed by atoms with van der Waals surface area (Å²) in [6.45, 7) is 1.73. The van der Waals surface area contributed by atoms with Crippen LogP contribution in [0.25, 0.3) is 0 Å². The Morgan fingerprint density at radius 3 is 2.22 bits per heavy atom. The lowest BCUT2D eigenvalue weighted by Gasteiger charge is -2.20. The lowest BCUT2D eigenvalue weighted by atomic mass is 9.95. The van der Waals surface area contributed by atoms with Crippen LogP contribution >= 0.6 is 0 Å². The van der Waals surface area contributed by atoms with Crippen LogP contribution in [0.15, 0.2) is 71.6 Å². The molecule has 0 fully saturated rings. The molecule has 0 aliphatic carbocycles. The standard InChI is InChI=1S/C27H28F3NO4S/c1-20-12-17-25(36(33,34)31-22-13-15-23(16-14-22)35-19-7-18-32)26(27(28,29)30)24(20)11-6-5-10-21-8-3-2-4-9-21/h2-4,8-9,12-18,31H,5-7,10-11,19H2,1H3. The number of nitrogens with one attached hydrogen (secondary N) is 1. The summed E-state index contributed by atoms with van der Waals surface area (Å²) in [4.78, 5) is 9.58. The quantitative estimate of drug-likeness (QED) is 0.224. The zero-order valence-corrected chi connectivity index (χ0v) is 20.7. The normalized spacial score (nSPS) is 11.8. The zero-order valence-electron chi connectivity index (χ0n) is 19.8. The molecule has 0 spiro atoms. The van der Waals surface area contributed by atoms with E-state index in [4.69, 9.17) is 4.74 Å². The van der Waals surface area contributed by atoms with Crippen LogP contribution in [0.5, 0.6) is 5.75 Å². The number of aldehydes is 1. The van der Waals surface area contributed by atoms with Crippen molar-refractivity contribution in [1.29, 1.82) is 0 Å². The molecule has 5 nitrogen and oxygen atoms in total. The second-order valence-corrected chi connectivity index (χ2v) is 10.0. The molecule has 0 radical (unpaired) electrons. The summed E-state index contributed by atoms with van der Waals surface area (Å²) in [7, 11) is -4.53. The lowest BCUT2D eigenvalue weighted by Crippen LogP contribution is -2.21. The van der Waals surface area contributed by atoms with Gasteiger partial charge in [-0.1, -0.05) is 36.4 Å². The number of hydrogen-bond acceptors (Lipinski definition) is 4. The Hall–Kier alpha value is -3.33. The van der Waals surface area contributed by atoms with Crippen LogP contribution in [0, 0.1) is 6.92 Å². The number of sulfonamides is 1. The van der Waals surface area contributed by atoms with E-state index in [2.05, 4.69) is 4.72 Å². The molecule has 0 aliphatic rings. The average Bonchev–Trinajstić information content (AvgIpc) is 2.83. The van der Waals surface area contributed by atoms with Gasteiger partial charge in [-0.2, -0.15) is 13.2 Å². The van der Waals surface area contributed by atoms with Crippen molar-refractivity contribution < 1.29 is 31.1 Å². The molecular formula is C27H28F3NO4S. The third-order valence-corrected chi connectivity index (χ3v) is 7.10. The van der Waals surface area contributed by atoms with E-state index in [9.17, 15) is 26.4 Å². The summed E-state index contributed by atoms with van der Waals surface area (Å²) in [5.74, 6) is 0.406. The molecule has 0 bridgehead atoms. The van der Waals surface area contributed by atoms with Crippen molar-refractivity contribution in [1.82, 2.24) is 0 Å². The molecule has 9 heteroatoms. The molecule has 1 N–H and O–H groups in total. The van der Waals surface area contributed by atoms with Gasteiger partial charge in [0.15, 0.2) is 0 Å². The van der Waals surface area contributed by atoms with Gasteiger partial charge in [-0.3, -0.25) is 4.72 Å². The highest BCUT2D eigenvalue weighted by Gasteiger charge is 2.40. The van der Waals surface area contributed by atoms with E-state index in [1.165, 1.54) is 30.3 Å². The molecule has 3 aromatic carbocycles. The van der Waals surface area contributed by atoms with Crippen LogP contribution in [-0.4, -0.2) is 21.3 Å². The molecule has 36 heavy (non-hydrogen) atoms. The van der Waals surface area contributed by atoms with E-state index in [1.54, 1.807) is 6.92 Å². The fraction of sp³-hybridized carbons (Fsp3) is 0.296. The predicted octanol–water partition coefficient (Wildman–Crippen LogP) is 6.35. The van der Waals surface area contributed by atoms with Crippen molar-refractivity contribution in [3.63, 3.8) is 0 Å². The highest BCUT2D eigenvalue weighted by atomic mass is 32.2. The third-order valence-electron chi connectivity index (χ3n) is 5.68. The Labute approximate surface area is 209 Å². The fourth-order valence-corrected chi connectivity index (χ4v) is 5.23. The van der Waals surface area contributed by atoms with Crippen molar-refractivity contribution >= 4 is 22.0 Å². The highest BCUT2D eigenvalue weighted by molar-refractivity contribution is 7.92. The fourth-order valence-electron chi connectivity index (χ4n) is 3.92. The predicted molar refractivity (Wildman–Crippen MR) is 133 cm³/mol. The van der Waals surface area contributed by atoms with Gasteiger partial charge < -0.3 is 9.53 Å². The van der Waals surface area contributed by atoms with Gasteiger partial charge in [0.2, 0.25) is 0 Å². The van der Waals surface area contributed by atoms with Crippen LogP contribution in [0.4, 0.5) is 18.9 Å². The van der Waals surface area contributed by atoms with E-state index in [0.717, 1.165) is 18.1 Å².